The highest BCUT2D eigenvalue weighted by Crippen LogP contribution is 2.34. The van der Waals surface area contributed by atoms with Gasteiger partial charge in [-0.15, -0.1) is 0 Å². The monoisotopic (exact) mass is 252 g/mol. The molecule has 1 aliphatic heterocycles. The molecular formula is C12H14BFO2S. The Labute approximate surface area is 105 Å². The lowest BCUT2D eigenvalue weighted by atomic mass is 9.97. The average Bonchev–Trinajstić information content (AvgIpc) is 2.67. The first kappa shape index (κ1) is 12.5. The summed E-state index contributed by atoms with van der Waals surface area (Å²) in [5, 5.41) is 0.100. The third-order valence-corrected chi connectivity index (χ3v) is 4.25. The molecule has 1 unspecified atom stereocenters. The molecule has 0 N–H and O–H groups in total. The van der Waals surface area contributed by atoms with E-state index in [1.54, 1.807) is 36.0 Å². The van der Waals surface area contributed by atoms with Crippen molar-refractivity contribution in [3.63, 3.8) is 0 Å². The maximum atomic E-state index is 13.3. The molecule has 0 saturated carbocycles. The van der Waals surface area contributed by atoms with Crippen LogP contribution in [0.3, 0.4) is 0 Å². The van der Waals surface area contributed by atoms with E-state index in [1.165, 1.54) is 0 Å². The standard InChI is InChI=1S/C12H14BFO2S/c13-11-10(14)6-9(17-11)7-16-12(15)8-4-2-1-3-5-8/h1-5,9-11H,6-7,13H2/t9-,10-,11?/m0/s1. The summed E-state index contributed by atoms with van der Waals surface area (Å²) >= 11 is 1.56. The molecule has 5 heteroatoms. The zero-order valence-electron chi connectivity index (χ0n) is 9.64. The van der Waals surface area contributed by atoms with E-state index in [4.69, 9.17) is 4.74 Å². The van der Waals surface area contributed by atoms with Crippen LogP contribution in [0.2, 0.25) is 0 Å². The van der Waals surface area contributed by atoms with E-state index in [2.05, 4.69) is 0 Å². The highest BCUT2D eigenvalue weighted by Gasteiger charge is 2.32. The second kappa shape index (κ2) is 5.58. The number of alkyl halides is 1. The van der Waals surface area contributed by atoms with Gasteiger partial charge in [0.1, 0.15) is 20.6 Å². The molecule has 2 rings (SSSR count). The molecule has 1 heterocycles. The van der Waals surface area contributed by atoms with Crippen LogP contribution in [0, 0.1) is 0 Å². The Morgan fingerprint density at radius 2 is 2.18 bits per heavy atom. The summed E-state index contributed by atoms with van der Waals surface area (Å²) in [6.45, 7) is 0.295. The van der Waals surface area contributed by atoms with Crippen LogP contribution >= 0.6 is 11.8 Å². The van der Waals surface area contributed by atoms with E-state index in [0.717, 1.165) is 0 Å². The summed E-state index contributed by atoms with van der Waals surface area (Å²) in [6, 6.07) is 8.86. The van der Waals surface area contributed by atoms with E-state index in [9.17, 15) is 9.18 Å². The van der Waals surface area contributed by atoms with Gasteiger partial charge in [0.15, 0.2) is 0 Å². The summed E-state index contributed by atoms with van der Waals surface area (Å²) in [5.74, 6) is -0.332. The molecule has 1 aromatic carbocycles. The summed E-state index contributed by atoms with van der Waals surface area (Å²) < 4.78 is 18.4. The first-order chi connectivity index (χ1) is 8.16. The van der Waals surface area contributed by atoms with Gasteiger partial charge in [0.05, 0.1) is 5.56 Å². The van der Waals surface area contributed by atoms with E-state index in [0.29, 0.717) is 18.6 Å². The smallest absolute Gasteiger partial charge is 0.338 e. The van der Waals surface area contributed by atoms with Gasteiger partial charge in [-0.3, -0.25) is 0 Å². The van der Waals surface area contributed by atoms with Gasteiger partial charge in [-0.25, -0.2) is 9.18 Å². The number of thioether (sulfide) groups is 1. The summed E-state index contributed by atoms with van der Waals surface area (Å²) in [7, 11) is 1.87. The van der Waals surface area contributed by atoms with Gasteiger partial charge < -0.3 is 4.74 Å². The third-order valence-electron chi connectivity index (χ3n) is 2.81. The highest BCUT2D eigenvalue weighted by atomic mass is 32.2. The van der Waals surface area contributed by atoms with Crippen LogP contribution in [0.1, 0.15) is 16.8 Å². The molecule has 1 aliphatic rings. The van der Waals surface area contributed by atoms with Crippen molar-refractivity contribution in [2.24, 2.45) is 0 Å². The summed E-state index contributed by atoms with van der Waals surface area (Å²) in [4.78, 5) is 11.6. The molecule has 1 fully saturated rings. The number of carbonyl (C=O) groups is 1. The number of hydrogen-bond donors (Lipinski definition) is 0. The molecule has 0 bridgehead atoms. The average molecular weight is 252 g/mol. The fourth-order valence-corrected chi connectivity index (χ4v) is 3.15. The molecule has 17 heavy (non-hydrogen) atoms. The van der Waals surface area contributed by atoms with Crippen LogP contribution in [0.25, 0.3) is 0 Å². The van der Waals surface area contributed by atoms with Crippen LogP contribution in [0.15, 0.2) is 30.3 Å². The quantitative estimate of drug-likeness (QED) is 0.604. The minimum absolute atomic E-state index is 0.00965. The SMILES string of the molecule is BC1S[C@H](COC(=O)c2ccccc2)C[C@@H]1F. The molecule has 3 atom stereocenters. The maximum absolute atomic E-state index is 13.3. The van der Waals surface area contributed by atoms with Gasteiger partial charge in [0.25, 0.3) is 0 Å². The van der Waals surface area contributed by atoms with Gasteiger partial charge in [-0.2, -0.15) is 11.8 Å². The van der Waals surface area contributed by atoms with E-state index in [-0.39, 0.29) is 16.4 Å². The van der Waals surface area contributed by atoms with Crippen molar-refractivity contribution in [1.29, 1.82) is 0 Å². The molecular weight excluding hydrogens is 238 g/mol. The third kappa shape index (κ3) is 3.25. The van der Waals surface area contributed by atoms with Gasteiger partial charge in [-0.05, 0) is 18.6 Å². The van der Waals surface area contributed by atoms with Crippen LogP contribution in [0.4, 0.5) is 4.39 Å². The fourth-order valence-electron chi connectivity index (χ4n) is 1.82. The van der Waals surface area contributed by atoms with Gasteiger partial charge in [0, 0.05) is 10.4 Å². The van der Waals surface area contributed by atoms with Crippen LogP contribution in [0.5, 0.6) is 0 Å². The Morgan fingerprint density at radius 1 is 1.47 bits per heavy atom. The number of ether oxygens (including phenoxy) is 1. The molecule has 90 valence electrons. The van der Waals surface area contributed by atoms with Crippen LogP contribution in [-0.4, -0.2) is 37.0 Å². The molecule has 0 spiro atoms. The van der Waals surface area contributed by atoms with Crippen molar-refractivity contribution in [2.45, 2.75) is 23.0 Å². The summed E-state index contributed by atoms with van der Waals surface area (Å²) in [6.07, 6.45) is -0.297. The van der Waals surface area contributed by atoms with Crippen molar-refractivity contribution in [1.82, 2.24) is 0 Å². The number of benzene rings is 1. The number of halogens is 1. The molecule has 1 aromatic rings. The number of hydrogen-bond acceptors (Lipinski definition) is 3. The minimum Gasteiger partial charge on any atom is -0.461 e. The van der Waals surface area contributed by atoms with Crippen molar-refractivity contribution in [3.8, 4) is 0 Å². The van der Waals surface area contributed by atoms with E-state index >= 15 is 0 Å². The Morgan fingerprint density at radius 3 is 2.76 bits per heavy atom. The Hall–Kier alpha value is -0.965. The Balaban J connectivity index is 1.81. The number of carbonyl (C=O) groups excluding carboxylic acids is 1. The van der Waals surface area contributed by atoms with Gasteiger partial charge in [-0.1, -0.05) is 18.2 Å². The predicted molar refractivity (Wildman–Crippen MR) is 69.9 cm³/mol. The molecule has 2 nitrogen and oxygen atoms in total. The fraction of sp³-hybridized carbons (Fsp3) is 0.417. The molecule has 0 radical (unpaired) electrons. The number of esters is 1. The number of rotatable bonds is 3. The Bertz CT molecular complexity index is 377. The topological polar surface area (TPSA) is 26.3 Å². The largest absolute Gasteiger partial charge is 0.461 e. The lowest BCUT2D eigenvalue weighted by molar-refractivity contribution is 0.0501. The van der Waals surface area contributed by atoms with Crippen LogP contribution < -0.4 is 0 Å². The van der Waals surface area contributed by atoms with Crippen molar-refractivity contribution < 1.29 is 13.9 Å². The normalized spacial score (nSPS) is 27.9. The zero-order valence-corrected chi connectivity index (χ0v) is 10.5. The van der Waals surface area contributed by atoms with E-state index < -0.39 is 6.17 Å². The highest BCUT2D eigenvalue weighted by molar-refractivity contribution is 8.01. The molecule has 0 amide bonds. The predicted octanol–water partition coefficient (Wildman–Crippen LogP) is 1.65. The van der Waals surface area contributed by atoms with Gasteiger partial charge in [0.2, 0.25) is 0 Å². The first-order valence-electron chi connectivity index (χ1n) is 5.68. The molecule has 0 aliphatic carbocycles. The lowest BCUT2D eigenvalue weighted by Crippen LogP contribution is -2.15. The zero-order chi connectivity index (χ0) is 12.3. The lowest BCUT2D eigenvalue weighted by Gasteiger charge is -2.09. The molecule has 0 aromatic heterocycles. The van der Waals surface area contributed by atoms with Crippen molar-refractivity contribution >= 4 is 25.6 Å². The first-order valence-corrected chi connectivity index (χ1v) is 6.63. The van der Waals surface area contributed by atoms with Gasteiger partial charge >= 0.3 is 5.97 Å². The Kier molecular flexibility index (Phi) is 4.10. The minimum atomic E-state index is -0.777. The summed E-state index contributed by atoms with van der Waals surface area (Å²) in [5.41, 5.74) is 0.542. The second-order valence-electron chi connectivity index (χ2n) is 4.18. The van der Waals surface area contributed by atoms with E-state index in [1.807, 2.05) is 13.9 Å². The molecule has 1 saturated heterocycles. The van der Waals surface area contributed by atoms with Crippen molar-refractivity contribution in [3.05, 3.63) is 35.9 Å². The van der Waals surface area contributed by atoms with Crippen LogP contribution in [-0.2, 0) is 4.74 Å². The second-order valence-corrected chi connectivity index (χ2v) is 5.86. The van der Waals surface area contributed by atoms with Crippen molar-refractivity contribution in [2.75, 3.05) is 6.61 Å². The maximum Gasteiger partial charge on any atom is 0.338 e.